The second-order valence-electron chi connectivity index (χ2n) is 4.26. The molecule has 0 unspecified atom stereocenters. The Morgan fingerprint density at radius 1 is 1.38 bits per heavy atom. The van der Waals surface area contributed by atoms with E-state index in [2.05, 4.69) is 6.07 Å². The van der Waals surface area contributed by atoms with Crippen LogP contribution in [0.3, 0.4) is 0 Å². The molecule has 2 N–H and O–H groups in total. The van der Waals surface area contributed by atoms with Gasteiger partial charge in [0.25, 0.3) is 0 Å². The van der Waals surface area contributed by atoms with Crippen molar-refractivity contribution in [1.29, 1.82) is 5.26 Å². The highest BCUT2D eigenvalue weighted by Gasteiger charge is 2.22. The molecule has 5 heteroatoms. The van der Waals surface area contributed by atoms with Crippen molar-refractivity contribution >= 4 is 15.5 Å². The third kappa shape index (κ3) is 2.34. The van der Waals surface area contributed by atoms with Crippen LogP contribution in [0.5, 0.6) is 0 Å². The number of sulfone groups is 1. The SMILES string of the molecule is CC(C)(C#N)c1ccc(N)c(S(C)(=O)=O)c1. The van der Waals surface area contributed by atoms with Gasteiger partial charge in [-0.15, -0.1) is 0 Å². The van der Waals surface area contributed by atoms with Gasteiger partial charge in [-0.1, -0.05) is 6.07 Å². The van der Waals surface area contributed by atoms with Gasteiger partial charge in [0.2, 0.25) is 0 Å². The Hall–Kier alpha value is -1.54. The maximum absolute atomic E-state index is 11.5. The first-order valence-electron chi connectivity index (χ1n) is 4.70. The average molecular weight is 238 g/mol. The van der Waals surface area contributed by atoms with E-state index < -0.39 is 15.3 Å². The summed E-state index contributed by atoms with van der Waals surface area (Å²) in [6, 6.07) is 6.78. The molecule has 0 heterocycles. The van der Waals surface area contributed by atoms with E-state index in [4.69, 9.17) is 11.0 Å². The zero-order valence-electron chi connectivity index (χ0n) is 9.48. The Morgan fingerprint density at radius 3 is 2.38 bits per heavy atom. The molecule has 0 aliphatic heterocycles. The number of anilines is 1. The predicted molar refractivity (Wildman–Crippen MR) is 62.6 cm³/mol. The topological polar surface area (TPSA) is 83.9 Å². The molecular formula is C11H14N2O2S. The molecular weight excluding hydrogens is 224 g/mol. The highest BCUT2D eigenvalue weighted by Crippen LogP contribution is 2.27. The summed E-state index contributed by atoms with van der Waals surface area (Å²) in [7, 11) is -3.36. The maximum Gasteiger partial charge on any atom is 0.177 e. The van der Waals surface area contributed by atoms with Gasteiger partial charge in [-0.25, -0.2) is 8.42 Å². The number of nitrogens with zero attached hydrogens (tertiary/aromatic N) is 1. The molecule has 1 aromatic rings. The summed E-state index contributed by atoms with van der Waals surface area (Å²) < 4.78 is 22.9. The summed E-state index contributed by atoms with van der Waals surface area (Å²) in [6.45, 7) is 3.45. The van der Waals surface area contributed by atoms with Crippen LogP contribution in [0.2, 0.25) is 0 Å². The van der Waals surface area contributed by atoms with Crippen molar-refractivity contribution in [3.63, 3.8) is 0 Å². The molecule has 0 aromatic heterocycles. The second-order valence-corrected chi connectivity index (χ2v) is 6.25. The van der Waals surface area contributed by atoms with Crippen LogP contribution in [0.1, 0.15) is 19.4 Å². The lowest BCUT2D eigenvalue weighted by Gasteiger charge is -2.17. The van der Waals surface area contributed by atoms with E-state index in [0.29, 0.717) is 5.56 Å². The summed E-state index contributed by atoms with van der Waals surface area (Å²) in [4.78, 5) is 0.0772. The van der Waals surface area contributed by atoms with Crippen LogP contribution in [0.25, 0.3) is 0 Å². The van der Waals surface area contributed by atoms with Gasteiger partial charge in [-0.05, 0) is 31.5 Å². The van der Waals surface area contributed by atoms with Gasteiger partial charge in [0.1, 0.15) is 0 Å². The first kappa shape index (κ1) is 12.5. The molecule has 0 fully saturated rings. The molecule has 0 bridgehead atoms. The third-order valence-electron chi connectivity index (χ3n) is 2.41. The van der Waals surface area contributed by atoms with Crippen molar-refractivity contribution in [3.8, 4) is 6.07 Å². The largest absolute Gasteiger partial charge is 0.398 e. The molecule has 86 valence electrons. The van der Waals surface area contributed by atoms with Crippen LogP contribution in [-0.2, 0) is 15.3 Å². The molecule has 4 nitrogen and oxygen atoms in total. The second kappa shape index (κ2) is 3.80. The molecule has 0 radical (unpaired) electrons. The number of nitrogens with two attached hydrogens (primary N) is 1. The Morgan fingerprint density at radius 2 is 1.94 bits per heavy atom. The molecule has 0 saturated carbocycles. The molecule has 0 spiro atoms. The molecule has 0 aliphatic rings. The van der Waals surface area contributed by atoms with Crippen molar-refractivity contribution in [2.24, 2.45) is 0 Å². The number of rotatable bonds is 2. The van der Waals surface area contributed by atoms with Crippen molar-refractivity contribution < 1.29 is 8.42 Å². The van der Waals surface area contributed by atoms with E-state index in [1.54, 1.807) is 19.9 Å². The number of benzene rings is 1. The Balaban J connectivity index is 3.48. The summed E-state index contributed by atoms with van der Waals surface area (Å²) in [5, 5.41) is 8.98. The molecule has 1 aromatic carbocycles. The first-order chi connectivity index (χ1) is 7.18. The zero-order chi connectivity index (χ0) is 12.6. The number of nitriles is 1. The fraction of sp³-hybridized carbons (Fsp3) is 0.364. The van der Waals surface area contributed by atoms with Crippen LogP contribution in [0.4, 0.5) is 5.69 Å². The average Bonchev–Trinajstić information content (AvgIpc) is 2.16. The van der Waals surface area contributed by atoms with Crippen LogP contribution in [0, 0.1) is 11.3 Å². The first-order valence-corrected chi connectivity index (χ1v) is 6.59. The lowest BCUT2D eigenvalue weighted by Crippen LogP contribution is -2.15. The molecule has 0 amide bonds. The standard InChI is InChI=1S/C11H14N2O2S/c1-11(2,7-12)8-4-5-9(13)10(6-8)16(3,14)15/h4-6H,13H2,1-3H3. The van der Waals surface area contributed by atoms with Crippen LogP contribution in [-0.4, -0.2) is 14.7 Å². The van der Waals surface area contributed by atoms with Gasteiger partial charge < -0.3 is 5.73 Å². The monoisotopic (exact) mass is 238 g/mol. The summed E-state index contributed by atoms with van der Waals surface area (Å²) in [5.41, 5.74) is 5.72. The van der Waals surface area contributed by atoms with Crippen LogP contribution < -0.4 is 5.73 Å². The smallest absolute Gasteiger partial charge is 0.177 e. The molecule has 16 heavy (non-hydrogen) atoms. The lowest BCUT2D eigenvalue weighted by molar-refractivity contribution is 0.601. The minimum Gasteiger partial charge on any atom is -0.398 e. The highest BCUT2D eigenvalue weighted by molar-refractivity contribution is 7.90. The highest BCUT2D eigenvalue weighted by atomic mass is 32.2. The summed E-state index contributed by atoms with van der Waals surface area (Å²) >= 11 is 0. The van der Waals surface area contributed by atoms with Crippen LogP contribution in [0.15, 0.2) is 23.1 Å². The lowest BCUT2D eigenvalue weighted by atomic mass is 9.86. The van der Waals surface area contributed by atoms with Gasteiger partial charge in [0, 0.05) is 6.26 Å². The van der Waals surface area contributed by atoms with E-state index in [0.717, 1.165) is 6.26 Å². The van der Waals surface area contributed by atoms with Crippen molar-refractivity contribution in [3.05, 3.63) is 23.8 Å². The molecule has 0 atom stereocenters. The van der Waals surface area contributed by atoms with Crippen molar-refractivity contribution in [1.82, 2.24) is 0 Å². The van der Waals surface area contributed by atoms with Crippen molar-refractivity contribution in [2.45, 2.75) is 24.2 Å². The van der Waals surface area contributed by atoms with Gasteiger partial charge in [0.15, 0.2) is 9.84 Å². The fourth-order valence-electron chi connectivity index (χ4n) is 1.31. The Kier molecular flexibility index (Phi) is 2.97. The fourth-order valence-corrected chi connectivity index (χ4v) is 2.15. The Labute approximate surface area is 95.6 Å². The number of hydrogen-bond acceptors (Lipinski definition) is 4. The molecule has 1 rings (SSSR count). The van der Waals surface area contributed by atoms with E-state index in [1.165, 1.54) is 12.1 Å². The minimum atomic E-state index is -3.36. The Bertz CT molecular complexity index is 554. The van der Waals surface area contributed by atoms with E-state index in [-0.39, 0.29) is 10.6 Å². The zero-order valence-corrected chi connectivity index (χ0v) is 10.3. The number of hydrogen-bond donors (Lipinski definition) is 1. The van der Waals surface area contributed by atoms with E-state index in [1.807, 2.05) is 0 Å². The summed E-state index contributed by atoms with van der Waals surface area (Å²) in [6.07, 6.45) is 1.10. The molecule has 0 saturated heterocycles. The molecule has 0 aliphatic carbocycles. The van der Waals surface area contributed by atoms with E-state index >= 15 is 0 Å². The van der Waals surface area contributed by atoms with Crippen molar-refractivity contribution in [2.75, 3.05) is 12.0 Å². The maximum atomic E-state index is 11.5. The van der Waals surface area contributed by atoms with Gasteiger partial charge in [-0.3, -0.25) is 0 Å². The van der Waals surface area contributed by atoms with Gasteiger partial charge in [-0.2, -0.15) is 5.26 Å². The number of nitrogen functional groups attached to an aromatic ring is 1. The minimum absolute atomic E-state index is 0.0772. The van der Waals surface area contributed by atoms with Gasteiger partial charge in [0.05, 0.1) is 22.1 Å². The van der Waals surface area contributed by atoms with Crippen LogP contribution >= 0.6 is 0 Å². The predicted octanol–water partition coefficient (Wildman–Crippen LogP) is 1.47. The van der Waals surface area contributed by atoms with Gasteiger partial charge >= 0.3 is 0 Å². The quantitative estimate of drug-likeness (QED) is 0.791. The van der Waals surface area contributed by atoms with E-state index in [9.17, 15) is 8.42 Å². The summed E-state index contributed by atoms with van der Waals surface area (Å²) in [5.74, 6) is 0. The normalized spacial score (nSPS) is 12.1. The third-order valence-corrected chi connectivity index (χ3v) is 3.57.